The van der Waals surface area contributed by atoms with Crippen molar-refractivity contribution in [3.8, 4) is 5.75 Å². The molecule has 0 amide bonds. The lowest BCUT2D eigenvalue weighted by molar-refractivity contribution is 0.0157. The zero-order valence-corrected chi connectivity index (χ0v) is 11.7. The third-order valence-electron chi connectivity index (χ3n) is 3.83. The summed E-state index contributed by atoms with van der Waals surface area (Å²) in [5.74, 6) is 8.10. The highest BCUT2D eigenvalue weighted by molar-refractivity contribution is 7.99. The van der Waals surface area contributed by atoms with Gasteiger partial charge in [-0.1, -0.05) is 12.1 Å². The maximum absolute atomic E-state index is 6.12. The average Bonchev–Trinajstić information content (AvgIpc) is 2.49. The number of nitrogens with one attached hydrogen (secondary N) is 1. The molecule has 2 heterocycles. The standard InChI is InChI=1S/C14H20N2O2S/c15-16-14(10-4-3-7-17-8-10)12-9-19-13-6-2-1-5-11(13)18-12/h1-2,5-6,10,12,14,16H,3-4,7-9,15H2. The summed E-state index contributed by atoms with van der Waals surface area (Å²) in [5, 5.41) is 0. The lowest BCUT2D eigenvalue weighted by atomic mass is 9.91. The van der Waals surface area contributed by atoms with Crippen molar-refractivity contribution in [3.63, 3.8) is 0 Å². The highest BCUT2D eigenvalue weighted by Gasteiger charge is 2.34. The van der Waals surface area contributed by atoms with Crippen LogP contribution in [0.5, 0.6) is 5.75 Å². The van der Waals surface area contributed by atoms with Crippen LogP contribution in [0.4, 0.5) is 0 Å². The van der Waals surface area contributed by atoms with E-state index in [4.69, 9.17) is 15.3 Å². The van der Waals surface area contributed by atoms with Crippen molar-refractivity contribution in [2.45, 2.75) is 29.9 Å². The summed E-state index contributed by atoms with van der Waals surface area (Å²) in [7, 11) is 0. The summed E-state index contributed by atoms with van der Waals surface area (Å²) in [5.41, 5.74) is 2.95. The molecule has 2 aliphatic rings. The molecular formula is C14H20N2O2S. The SMILES string of the molecule is NNC(C1CCCOC1)C1CSc2ccccc2O1. The van der Waals surface area contributed by atoms with Crippen LogP contribution in [0.2, 0.25) is 0 Å². The summed E-state index contributed by atoms with van der Waals surface area (Å²) in [6.45, 7) is 1.65. The van der Waals surface area contributed by atoms with Crippen LogP contribution in [-0.2, 0) is 4.74 Å². The van der Waals surface area contributed by atoms with E-state index in [1.54, 1.807) is 0 Å². The molecule has 0 aromatic heterocycles. The van der Waals surface area contributed by atoms with Crippen LogP contribution in [0.15, 0.2) is 29.2 Å². The summed E-state index contributed by atoms with van der Waals surface area (Å²) >= 11 is 1.84. The Bertz CT molecular complexity index is 424. The first-order valence-electron chi connectivity index (χ1n) is 6.81. The predicted molar refractivity (Wildman–Crippen MR) is 76.2 cm³/mol. The quantitative estimate of drug-likeness (QED) is 0.653. The first-order valence-corrected chi connectivity index (χ1v) is 7.79. The first kappa shape index (κ1) is 13.2. The molecule has 4 nitrogen and oxygen atoms in total. The fraction of sp³-hybridized carbons (Fsp3) is 0.571. The molecule has 0 radical (unpaired) electrons. The first-order chi connectivity index (χ1) is 9.38. The molecule has 3 unspecified atom stereocenters. The van der Waals surface area contributed by atoms with E-state index in [0.717, 1.165) is 37.6 Å². The van der Waals surface area contributed by atoms with E-state index >= 15 is 0 Å². The maximum atomic E-state index is 6.12. The second-order valence-corrected chi connectivity index (χ2v) is 6.15. The largest absolute Gasteiger partial charge is 0.487 e. The molecule has 1 aromatic carbocycles. The van der Waals surface area contributed by atoms with Crippen molar-refractivity contribution in [1.82, 2.24) is 5.43 Å². The number of hydrogen-bond acceptors (Lipinski definition) is 5. The molecule has 3 rings (SSSR count). The molecule has 1 aromatic rings. The Morgan fingerprint density at radius 3 is 3.05 bits per heavy atom. The zero-order valence-electron chi connectivity index (χ0n) is 10.9. The van der Waals surface area contributed by atoms with Gasteiger partial charge in [-0.05, 0) is 25.0 Å². The smallest absolute Gasteiger partial charge is 0.133 e. The van der Waals surface area contributed by atoms with Crippen molar-refractivity contribution in [1.29, 1.82) is 0 Å². The summed E-state index contributed by atoms with van der Waals surface area (Å²) in [6.07, 6.45) is 2.37. The number of rotatable bonds is 3. The zero-order chi connectivity index (χ0) is 13.1. The van der Waals surface area contributed by atoms with Gasteiger partial charge >= 0.3 is 0 Å². The van der Waals surface area contributed by atoms with Crippen LogP contribution in [0.1, 0.15) is 12.8 Å². The third-order valence-corrected chi connectivity index (χ3v) is 4.97. The molecular weight excluding hydrogens is 260 g/mol. The molecule has 0 bridgehead atoms. The number of nitrogens with two attached hydrogens (primary N) is 1. The van der Waals surface area contributed by atoms with Crippen molar-refractivity contribution in [3.05, 3.63) is 24.3 Å². The number of benzene rings is 1. The Morgan fingerprint density at radius 1 is 1.37 bits per heavy atom. The van der Waals surface area contributed by atoms with E-state index in [9.17, 15) is 0 Å². The van der Waals surface area contributed by atoms with Crippen molar-refractivity contribution >= 4 is 11.8 Å². The van der Waals surface area contributed by atoms with Crippen LogP contribution < -0.4 is 16.0 Å². The van der Waals surface area contributed by atoms with Crippen LogP contribution in [0.3, 0.4) is 0 Å². The van der Waals surface area contributed by atoms with Crippen LogP contribution >= 0.6 is 11.8 Å². The van der Waals surface area contributed by atoms with Gasteiger partial charge in [0.15, 0.2) is 0 Å². The number of hydrogen-bond donors (Lipinski definition) is 2. The number of para-hydroxylation sites is 1. The van der Waals surface area contributed by atoms with Gasteiger partial charge in [-0.2, -0.15) is 0 Å². The number of thioether (sulfide) groups is 1. The lowest BCUT2D eigenvalue weighted by Gasteiger charge is -2.37. The molecule has 5 heteroatoms. The highest BCUT2D eigenvalue weighted by Crippen LogP contribution is 2.37. The second kappa shape index (κ2) is 6.13. The minimum Gasteiger partial charge on any atom is -0.487 e. The fourth-order valence-corrected chi connectivity index (χ4v) is 3.86. The van der Waals surface area contributed by atoms with E-state index in [1.807, 2.05) is 30.0 Å². The minimum atomic E-state index is 0.108. The molecule has 3 atom stereocenters. The number of hydrazine groups is 1. The molecule has 104 valence electrons. The molecule has 3 N–H and O–H groups in total. The van der Waals surface area contributed by atoms with Crippen molar-refractivity contribution in [2.24, 2.45) is 11.8 Å². The monoisotopic (exact) mass is 280 g/mol. The van der Waals surface area contributed by atoms with Gasteiger partial charge in [-0.25, -0.2) is 0 Å². The molecule has 2 aliphatic heterocycles. The molecule has 0 aliphatic carbocycles. The van der Waals surface area contributed by atoms with Gasteiger partial charge < -0.3 is 9.47 Å². The minimum absolute atomic E-state index is 0.108. The van der Waals surface area contributed by atoms with Gasteiger partial charge in [0.1, 0.15) is 11.9 Å². The Morgan fingerprint density at radius 2 is 2.26 bits per heavy atom. The van der Waals surface area contributed by atoms with Gasteiger partial charge in [0.25, 0.3) is 0 Å². The maximum Gasteiger partial charge on any atom is 0.133 e. The van der Waals surface area contributed by atoms with Crippen molar-refractivity contribution < 1.29 is 9.47 Å². The van der Waals surface area contributed by atoms with Crippen LogP contribution in [0.25, 0.3) is 0 Å². The summed E-state index contributed by atoms with van der Waals surface area (Å²) in [4.78, 5) is 1.22. The van der Waals surface area contributed by atoms with Crippen molar-refractivity contribution in [2.75, 3.05) is 19.0 Å². The highest BCUT2D eigenvalue weighted by atomic mass is 32.2. The Labute approximate surface area is 118 Å². The predicted octanol–water partition coefficient (Wildman–Crippen LogP) is 1.80. The molecule has 1 fully saturated rings. The normalized spacial score (nSPS) is 28.3. The average molecular weight is 280 g/mol. The summed E-state index contributed by atoms with van der Waals surface area (Å²) in [6, 6.07) is 8.34. The number of fused-ring (bicyclic) bond motifs is 1. The summed E-state index contributed by atoms with van der Waals surface area (Å²) < 4.78 is 11.7. The van der Waals surface area contributed by atoms with Gasteiger partial charge in [-0.3, -0.25) is 11.3 Å². The molecule has 19 heavy (non-hydrogen) atoms. The van der Waals surface area contributed by atoms with E-state index < -0.39 is 0 Å². The van der Waals surface area contributed by atoms with E-state index in [0.29, 0.717) is 5.92 Å². The fourth-order valence-electron chi connectivity index (χ4n) is 2.81. The topological polar surface area (TPSA) is 56.5 Å². The second-order valence-electron chi connectivity index (χ2n) is 5.08. The molecule has 0 saturated carbocycles. The molecule has 0 spiro atoms. The Kier molecular flexibility index (Phi) is 4.28. The van der Waals surface area contributed by atoms with E-state index in [1.165, 1.54) is 4.90 Å². The van der Waals surface area contributed by atoms with Crippen LogP contribution in [-0.4, -0.2) is 31.1 Å². The number of ether oxygens (including phenoxy) is 2. The van der Waals surface area contributed by atoms with Gasteiger partial charge in [0.2, 0.25) is 0 Å². The van der Waals surface area contributed by atoms with Crippen LogP contribution in [0, 0.1) is 5.92 Å². The van der Waals surface area contributed by atoms with E-state index in [2.05, 4.69) is 11.5 Å². The van der Waals surface area contributed by atoms with E-state index in [-0.39, 0.29) is 12.1 Å². The Balaban J connectivity index is 1.71. The third kappa shape index (κ3) is 2.89. The Hall–Kier alpha value is -0.750. The lowest BCUT2D eigenvalue weighted by Crippen LogP contribution is -2.54. The van der Waals surface area contributed by atoms with Gasteiger partial charge in [0.05, 0.1) is 12.6 Å². The van der Waals surface area contributed by atoms with Gasteiger partial charge in [0, 0.05) is 23.2 Å². The molecule has 1 saturated heterocycles. The van der Waals surface area contributed by atoms with Gasteiger partial charge in [-0.15, -0.1) is 11.8 Å².